The first kappa shape index (κ1) is 23.5. The van der Waals surface area contributed by atoms with E-state index in [2.05, 4.69) is 15.5 Å². The maximum absolute atomic E-state index is 12.7. The summed E-state index contributed by atoms with van der Waals surface area (Å²) in [6.07, 6.45) is 1.25. The highest BCUT2D eigenvalue weighted by Gasteiger charge is 2.20. The van der Waals surface area contributed by atoms with Gasteiger partial charge in [0.15, 0.2) is 12.4 Å². The minimum Gasteiger partial charge on any atom is -0.484 e. The molecule has 1 atom stereocenters. The van der Waals surface area contributed by atoms with E-state index >= 15 is 0 Å². The Bertz CT molecular complexity index is 1080. The summed E-state index contributed by atoms with van der Waals surface area (Å²) in [5, 5.41) is 10.7. The van der Waals surface area contributed by atoms with Crippen molar-refractivity contribution in [2.24, 2.45) is 0 Å². The number of rotatable bonds is 10. The smallest absolute Gasteiger partial charge is 0.277 e. The van der Waals surface area contributed by atoms with Gasteiger partial charge in [-0.1, -0.05) is 30.8 Å². The van der Waals surface area contributed by atoms with Crippen LogP contribution in [0.15, 0.2) is 52.1 Å². The average molecular weight is 454 g/mol. The molecule has 0 bridgehead atoms. The van der Waals surface area contributed by atoms with Crippen molar-refractivity contribution in [3.63, 3.8) is 0 Å². The second-order valence-electron chi connectivity index (χ2n) is 7.52. The number of Topliss-reactive ketones (excluding diaryl/α,β-unsaturated/α-hetero) is 1. The monoisotopic (exact) mass is 453 g/mol. The zero-order valence-corrected chi connectivity index (χ0v) is 19.5. The average Bonchev–Trinajstić information content (AvgIpc) is 3.21. The van der Waals surface area contributed by atoms with E-state index in [1.807, 2.05) is 39.0 Å². The van der Waals surface area contributed by atoms with Crippen molar-refractivity contribution in [2.75, 3.05) is 5.32 Å². The lowest BCUT2D eigenvalue weighted by molar-refractivity contribution is -0.116. The Balaban J connectivity index is 1.55. The third-order valence-electron chi connectivity index (χ3n) is 4.72. The Hall–Kier alpha value is -3.13. The molecule has 3 rings (SSSR count). The third-order valence-corrected chi connectivity index (χ3v) is 5.65. The molecule has 1 N–H and O–H groups in total. The number of carbonyl (C=O) groups excluding carboxylic acids is 2. The largest absolute Gasteiger partial charge is 0.484 e. The number of hydrogen-bond acceptors (Lipinski definition) is 7. The molecular formula is C24H27N3O4S. The van der Waals surface area contributed by atoms with Gasteiger partial charge in [0.25, 0.3) is 11.1 Å². The molecule has 1 amide bonds. The van der Waals surface area contributed by atoms with Gasteiger partial charge in [-0.15, -0.1) is 10.2 Å². The van der Waals surface area contributed by atoms with Crippen LogP contribution in [0.1, 0.15) is 54.1 Å². The molecule has 8 heteroatoms. The molecule has 1 heterocycles. The Morgan fingerprint density at radius 2 is 1.88 bits per heavy atom. The lowest BCUT2D eigenvalue weighted by Gasteiger charge is -2.09. The van der Waals surface area contributed by atoms with Crippen LogP contribution < -0.4 is 10.1 Å². The van der Waals surface area contributed by atoms with Crippen LogP contribution in [0.5, 0.6) is 5.75 Å². The SMILES string of the molecule is CCCC(=O)Nc1ccc(C(=O)C(C)Sc2nnc(COc3cc(C)ccc3C)o2)cc1. The second kappa shape index (κ2) is 10.9. The molecule has 32 heavy (non-hydrogen) atoms. The minimum atomic E-state index is -0.413. The highest BCUT2D eigenvalue weighted by molar-refractivity contribution is 8.00. The molecule has 1 aromatic heterocycles. The summed E-state index contributed by atoms with van der Waals surface area (Å²) in [6.45, 7) is 7.88. The maximum atomic E-state index is 12.7. The molecule has 0 aliphatic rings. The topological polar surface area (TPSA) is 94.3 Å². The van der Waals surface area contributed by atoms with Gasteiger partial charge in [-0.3, -0.25) is 9.59 Å². The molecule has 0 radical (unpaired) electrons. The number of hydrogen-bond donors (Lipinski definition) is 1. The number of benzene rings is 2. The Morgan fingerprint density at radius 3 is 2.59 bits per heavy atom. The zero-order chi connectivity index (χ0) is 23.1. The van der Waals surface area contributed by atoms with Crippen molar-refractivity contribution in [1.29, 1.82) is 0 Å². The molecule has 1 unspecified atom stereocenters. The molecule has 3 aromatic rings. The molecule has 0 saturated heterocycles. The van der Waals surface area contributed by atoms with E-state index in [1.165, 1.54) is 11.8 Å². The number of ketones is 1. The lowest BCUT2D eigenvalue weighted by Crippen LogP contribution is -2.14. The fourth-order valence-electron chi connectivity index (χ4n) is 2.95. The first-order valence-corrected chi connectivity index (χ1v) is 11.4. The van der Waals surface area contributed by atoms with Crippen LogP contribution in [-0.4, -0.2) is 27.1 Å². The summed E-state index contributed by atoms with van der Waals surface area (Å²) in [4.78, 5) is 24.4. The predicted octanol–water partition coefficient (Wildman–Crippen LogP) is 5.37. The number of aromatic nitrogens is 2. The van der Waals surface area contributed by atoms with Crippen LogP contribution in [0, 0.1) is 13.8 Å². The van der Waals surface area contributed by atoms with Crippen molar-refractivity contribution in [3.8, 4) is 5.75 Å². The quantitative estimate of drug-likeness (QED) is 0.326. The number of nitrogens with one attached hydrogen (secondary N) is 1. The standard InChI is InChI=1S/C24H27N3O4S/c1-5-6-21(28)25-19-11-9-18(10-12-19)23(29)17(4)32-24-27-26-22(31-24)14-30-20-13-15(2)7-8-16(20)3/h7-13,17H,5-6,14H2,1-4H3,(H,25,28). The van der Waals surface area contributed by atoms with Crippen LogP contribution in [0.25, 0.3) is 0 Å². The minimum absolute atomic E-state index is 0.0377. The van der Waals surface area contributed by atoms with Gasteiger partial charge < -0.3 is 14.5 Å². The number of ether oxygens (including phenoxy) is 1. The molecule has 168 valence electrons. The molecular weight excluding hydrogens is 426 g/mol. The van der Waals surface area contributed by atoms with E-state index in [4.69, 9.17) is 9.15 Å². The molecule has 0 fully saturated rings. The van der Waals surface area contributed by atoms with Gasteiger partial charge in [0.2, 0.25) is 5.91 Å². The number of thioether (sulfide) groups is 1. The lowest BCUT2D eigenvalue weighted by atomic mass is 10.1. The Labute approximate surface area is 192 Å². The second-order valence-corrected chi connectivity index (χ2v) is 8.81. The van der Waals surface area contributed by atoms with Crippen molar-refractivity contribution < 1.29 is 18.7 Å². The summed E-state index contributed by atoms with van der Waals surface area (Å²) in [5.41, 5.74) is 3.36. The van der Waals surface area contributed by atoms with E-state index in [0.717, 1.165) is 23.3 Å². The number of amides is 1. The fraction of sp³-hybridized carbons (Fsp3) is 0.333. The van der Waals surface area contributed by atoms with E-state index in [0.29, 0.717) is 28.8 Å². The first-order chi connectivity index (χ1) is 15.4. The maximum Gasteiger partial charge on any atom is 0.277 e. The highest BCUT2D eigenvalue weighted by atomic mass is 32.2. The van der Waals surface area contributed by atoms with E-state index < -0.39 is 5.25 Å². The molecule has 0 aliphatic carbocycles. The van der Waals surface area contributed by atoms with Gasteiger partial charge in [0.1, 0.15) is 5.75 Å². The van der Waals surface area contributed by atoms with Gasteiger partial charge in [0, 0.05) is 17.7 Å². The van der Waals surface area contributed by atoms with Crippen LogP contribution in [0.3, 0.4) is 0 Å². The summed E-state index contributed by atoms with van der Waals surface area (Å²) >= 11 is 1.20. The summed E-state index contributed by atoms with van der Waals surface area (Å²) < 4.78 is 11.4. The van der Waals surface area contributed by atoms with E-state index in [9.17, 15) is 9.59 Å². The zero-order valence-electron chi connectivity index (χ0n) is 18.7. The van der Waals surface area contributed by atoms with E-state index in [1.54, 1.807) is 31.2 Å². The van der Waals surface area contributed by atoms with Gasteiger partial charge in [-0.2, -0.15) is 0 Å². The van der Waals surface area contributed by atoms with Gasteiger partial charge in [0.05, 0.1) is 5.25 Å². The Kier molecular flexibility index (Phi) is 8.05. The fourth-order valence-corrected chi connectivity index (χ4v) is 3.73. The van der Waals surface area contributed by atoms with Gasteiger partial charge in [-0.25, -0.2) is 0 Å². The van der Waals surface area contributed by atoms with Gasteiger partial charge in [-0.05, 0) is 68.7 Å². The van der Waals surface area contributed by atoms with Crippen LogP contribution in [0.2, 0.25) is 0 Å². The third kappa shape index (κ3) is 6.43. The van der Waals surface area contributed by atoms with Crippen molar-refractivity contribution in [3.05, 3.63) is 65.0 Å². The predicted molar refractivity (Wildman–Crippen MR) is 124 cm³/mol. The molecule has 0 aliphatic heterocycles. The van der Waals surface area contributed by atoms with Crippen LogP contribution in [-0.2, 0) is 11.4 Å². The van der Waals surface area contributed by atoms with Crippen molar-refractivity contribution in [1.82, 2.24) is 10.2 Å². The summed E-state index contributed by atoms with van der Waals surface area (Å²) in [7, 11) is 0. The van der Waals surface area contributed by atoms with Gasteiger partial charge >= 0.3 is 0 Å². The molecule has 0 saturated carbocycles. The van der Waals surface area contributed by atoms with Crippen LogP contribution in [0.4, 0.5) is 5.69 Å². The van der Waals surface area contributed by atoms with E-state index in [-0.39, 0.29) is 18.3 Å². The molecule has 7 nitrogen and oxygen atoms in total. The number of anilines is 1. The number of carbonyl (C=O) groups is 2. The normalized spacial score (nSPS) is 11.8. The molecule has 0 spiro atoms. The highest BCUT2D eigenvalue weighted by Crippen LogP contribution is 2.26. The summed E-state index contributed by atoms with van der Waals surface area (Å²) in [5.74, 6) is 1.02. The van der Waals surface area contributed by atoms with Crippen LogP contribution >= 0.6 is 11.8 Å². The summed E-state index contributed by atoms with van der Waals surface area (Å²) in [6, 6.07) is 12.9. The number of aryl methyl sites for hydroxylation is 2. The first-order valence-electron chi connectivity index (χ1n) is 10.5. The molecule has 2 aromatic carbocycles. The van der Waals surface area contributed by atoms with Crippen molar-refractivity contribution in [2.45, 2.75) is 57.6 Å². The van der Waals surface area contributed by atoms with Crippen molar-refractivity contribution >= 4 is 29.1 Å². The number of nitrogens with zero attached hydrogens (tertiary/aromatic N) is 2. The Morgan fingerprint density at radius 1 is 1.12 bits per heavy atom.